The molecule has 0 aromatic heterocycles. The molecule has 110 valence electrons. The van der Waals surface area contributed by atoms with Crippen molar-refractivity contribution in [2.24, 2.45) is 5.92 Å². The van der Waals surface area contributed by atoms with Crippen LogP contribution in [0.4, 0.5) is 0 Å². The maximum atomic E-state index is 11.8. The fourth-order valence-electron chi connectivity index (χ4n) is 3.06. The Morgan fingerprint density at radius 2 is 2.05 bits per heavy atom. The Balaban J connectivity index is 2.10. The summed E-state index contributed by atoms with van der Waals surface area (Å²) in [5, 5.41) is 0. The number of hydrogen-bond acceptors (Lipinski definition) is 4. The van der Waals surface area contributed by atoms with Gasteiger partial charge in [-0.25, -0.2) is 4.79 Å². The maximum Gasteiger partial charge on any atom is 0.338 e. The number of hydrogen-bond donors (Lipinski definition) is 0. The molecule has 1 aromatic rings. The van der Waals surface area contributed by atoms with Gasteiger partial charge in [-0.05, 0) is 31.6 Å². The number of benzene rings is 1. The molecule has 0 amide bonds. The van der Waals surface area contributed by atoms with Gasteiger partial charge in [0.05, 0.1) is 12.7 Å². The molecule has 1 aliphatic rings. The molecule has 0 aliphatic carbocycles. The van der Waals surface area contributed by atoms with Crippen molar-refractivity contribution < 1.29 is 9.53 Å². The summed E-state index contributed by atoms with van der Waals surface area (Å²) in [7, 11) is 5.69. The molecular weight excluding hydrogens is 252 g/mol. The zero-order chi connectivity index (χ0) is 14.7. The molecule has 1 heterocycles. The summed E-state index contributed by atoms with van der Waals surface area (Å²) in [6.45, 7) is 5.21. The first-order valence-corrected chi connectivity index (χ1v) is 7.08. The Kier molecular flexibility index (Phi) is 4.78. The number of carbonyl (C=O) groups excluding carboxylic acids is 1. The van der Waals surface area contributed by atoms with Gasteiger partial charge in [-0.1, -0.05) is 25.1 Å². The van der Waals surface area contributed by atoms with E-state index in [9.17, 15) is 4.79 Å². The molecule has 0 N–H and O–H groups in total. The van der Waals surface area contributed by atoms with Crippen molar-refractivity contribution in [3.05, 3.63) is 35.4 Å². The number of ether oxygens (including phenoxy) is 1. The molecule has 2 atom stereocenters. The third-order valence-electron chi connectivity index (χ3n) is 4.13. The minimum atomic E-state index is -0.253. The third kappa shape index (κ3) is 3.19. The fourth-order valence-corrected chi connectivity index (χ4v) is 3.06. The van der Waals surface area contributed by atoms with E-state index in [0.717, 1.165) is 25.2 Å². The molecule has 2 rings (SSSR count). The molecule has 4 heteroatoms. The van der Waals surface area contributed by atoms with Crippen molar-refractivity contribution in [2.45, 2.75) is 19.5 Å². The predicted molar refractivity (Wildman–Crippen MR) is 79.7 cm³/mol. The fraction of sp³-hybridized carbons (Fsp3) is 0.562. The molecule has 4 nitrogen and oxygen atoms in total. The monoisotopic (exact) mass is 276 g/mol. The topological polar surface area (TPSA) is 32.8 Å². The number of esters is 1. The summed E-state index contributed by atoms with van der Waals surface area (Å²) in [5.41, 5.74) is 1.72. The Morgan fingerprint density at radius 1 is 1.35 bits per heavy atom. The Bertz CT molecular complexity index is 473. The van der Waals surface area contributed by atoms with Gasteiger partial charge in [0, 0.05) is 25.7 Å². The number of rotatable bonds is 4. The number of likely N-dealkylation sites (N-methyl/N-ethyl adjacent to an activating group) is 1. The van der Waals surface area contributed by atoms with Gasteiger partial charge in [0.15, 0.2) is 0 Å². The highest BCUT2D eigenvalue weighted by Gasteiger charge is 2.31. The highest BCUT2D eigenvalue weighted by Crippen LogP contribution is 2.23. The molecule has 0 bridgehead atoms. The van der Waals surface area contributed by atoms with Gasteiger partial charge in [0.2, 0.25) is 0 Å². The summed E-state index contributed by atoms with van der Waals surface area (Å²) < 4.78 is 4.86. The SMILES string of the molecule is COC(=O)c1ccccc1CN1CC(C)C(N(C)C)C1. The van der Waals surface area contributed by atoms with Gasteiger partial charge in [-0.2, -0.15) is 0 Å². The summed E-state index contributed by atoms with van der Waals surface area (Å²) >= 11 is 0. The van der Waals surface area contributed by atoms with Gasteiger partial charge in [-0.3, -0.25) is 4.90 Å². The van der Waals surface area contributed by atoms with E-state index < -0.39 is 0 Å². The average Bonchev–Trinajstić information content (AvgIpc) is 2.79. The minimum absolute atomic E-state index is 0.253. The van der Waals surface area contributed by atoms with Crippen molar-refractivity contribution in [3.63, 3.8) is 0 Å². The van der Waals surface area contributed by atoms with Crippen LogP contribution in [0.1, 0.15) is 22.8 Å². The number of methoxy groups -OCH3 is 1. The lowest BCUT2D eigenvalue weighted by Gasteiger charge is -2.22. The molecule has 0 spiro atoms. The summed E-state index contributed by atoms with van der Waals surface area (Å²) in [5.74, 6) is 0.396. The standard InChI is InChI=1S/C16H24N2O2/c1-12-9-18(11-15(12)17(2)3)10-13-7-5-6-8-14(13)16(19)20-4/h5-8,12,15H,9-11H2,1-4H3. The van der Waals surface area contributed by atoms with E-state index in [-0.39, 0.29) is 5.97 Å². The predicted octanol–water partition coefficient (Wildman–Crippen LogP) is 1.86. The van der Waals surface area contributed by atoms with Crippen LogP contribution in [0.5, 0.6) is 0 Å². The van der Waals surface area contributed by atoms with Gasteiger partial charge < -0.3 is 9.64 Å². The first-order valence-electron chi connectivity index (χ1n) is 7.08. The average molecular weight is 276 g/mol. The summed E-state index contributed by atoms with van der Waals surface area (Å²) in [6, 6.07) is 8.29. The molecule has 1 saturated heterocycles. The van der Waals surface area contributed by atoms with E-state index in [1.54, 1.807) is 0 Å². The molecular formula is C16H24N2O2. The Labute approximate surface area is 121 Å². The number of nitrogens with zero attached hydrogens (tertiary/aromatic N) is 2. The van der Waals surface area contributed by atoms with Crippen LogP contribution in [0.15, 0.2) is 24.3 Å². The van der Waals surface area contributed by atoms with Crippen molar-refractivity contribution in [1.29, 1.82) is 0 Å². The molecule has 20 heavy (non-hydrogen) atoms. The first-order chi connectivity index (χ1) is 9.52. The van der Waals surface area contributed by atoms with Crippen LogP contribution >= 0.6 is 0 Å². The van der Waals surface area contributed by atoms with Crippen molar-refractivity contribution >= 4 is 5.97 Å². The number of likely N-dealkylation sites (tertiary alicyclic amines) is 1. The van der Waals surface area contributed by atoms with Crippen LogP contribution in [-0.4, -0.2) is 56.1 Å². The second kappa shape index (κ2) is 6.37. The van der Waals surface area contributed by atoms with E-state index in [0.29, 0.717) is 17.5 Å². The van der Waals surface area contributed by atoms with E-state index in [1.807, 2.05) is 24.3 Å². The van der Waals surface area contributed by atoms with Crippen molar-refractivity contribution in [2.75, 3.05) is 34.3 Å². The molecule has 1 aliphatic heterocycles. The smallest absolute Gasteiger partial charge is 0.338 e. The van der Waals surface area contributed by atoms with Crippen LogP contribution in [-0.2, 0) is 11.3 Å². The molecule has 1 aromatic carbocycles. The second-order valence-electron chi connectivity index (χ2n) is 5.85. The van der Waals surface area contributed by atoms with E-state index >= 15 is 0 Å². The summed E-state index contributed by atoms with van der Waals surface area (Å²) in [6.07, 6.45) is 0. The van der Waals surface area contributed by atoms with Gasteiger partial charge >= 0.3 is 5.97 Å². The zero-order valence-electron chi connectivity index (χ0n) is 12.8. The second-order valence-corrected chi connectivity index (χ2v) is 5.85. The quantitative estimate of drug-likeness (QED) is 0.786. The van der Waals surface area contributed by atoms with Crippen LogP contribution in [0.2, 0.25) is 0 Å². The van der Waals surface area contributed by atoms with Crippen LogP contribution in [0.25, 0.3) is 0 Å². The third-order valence-corrected chi connectivity index (χ3v) is 4.13. The maximum absolute atomic E-state index is 11.8. The first kappa shape index (κ1) is 15.0. The summed E-state index contributed by atoms with van der Waals surface area (Å²) in [4.78, 5) is 16.5. The van der Waals surface area contributed by atoms with E-state index in [4.69, 9.17) is 4.74 Å². The highest BCUT2D eigenvalue weighted by molar-refractivity contribution is 5.90. The minimum Gasteiger partial charge on any atom is -0.465 e. The van der Waals surface area contributed by atoms with Crippen molar-refractivity contribution in [1.82, 2.24) is 9.80 Å². The molecule has 1 fully saturated rings. The van der Waals surface area contributed by atoms with E-state index in [2.05, 4.69) is 30.8 Å². The Morgan fingerprint density at radius 3 is 2.65 bits per heavy atom. The van der Waals surface area contributed by atoms with Crippen LogP contribution in [0, 0.1) is 5.92 Å². The largest absolute Gasteiger partial charge is 0.465 e. The van der Waals surface area contributed by atoms with E-state index in [1.165, 1.54) is 7.11 Å². The van der Waals surface area contributed by atoms with Crippen molar-refractivity contribution in [3.8, 4) is 0 Å². The Hall–Kier alpha value is -1.39. The zero-order valence-corrected chi connectivity index (χ0v) is 12.8. The lowest BCUT2D eigenvalue weighted by Crippen LogP contribution is -2.34. The lowest BCUT2D eigenvalue weighted by atomic mass is 10.1. The number of carbonyl (C=O) groups is 1. The molecule has 2 unspecified atom stereocenters. The highest BCUT2D eigenvalue weighted by atomic mass is 16.5. The lowest BCUT2D eigenvalue weighted by molar-refractivity contribution is 0.0598. The normalized spacial score (nSPS) is 23.2. The van der Waals surface area contributed by atoms with Gasteiger partial charge in [0.25, 0.3) is 0 Å². The van der Waals surface area contributed by atoms with Crippen LogP contribution < -0.4 is 0 Å². The molecule has 0 saturated carbocycles. The van der Waals surface area contributed by atoms with Crippen LogP contribution in [0.3, 0.4) is 0 Å². The van der Waals surface area contributed by atoms with Gasteiger partial charge in [-0.15, -0.1) is 0 Å². The molecule has 0 radical (unpaired) electrons. The van der Waals surface area contributed by atoms with Gasteiger partial charge in [0.1, 0.15) is 0 Å².